The predicted octanol–water partition coefficient (Wildman–Crippen LogP) is 1.56. The van der Waals surface area contributed by atoms with Gasteiger partial charge in [0.05, 0.1) is 0 Å². The third-order valence-corrected chi connectivity index (χ3v) is 3.72. The van der Waals surface area contributed by atoms with Gasteiger partial charge in [0.1, 0.15) is 5.75 Å². The summed E-state index contributed by atoms with van der Waals surface area (Å²) in [5, 5.41) is 9.24. The summed E-state index contributed by atoms with van der Waals surface area (Å²) in [6.07, 6.45) is 0. The molecule has 1 heterocycles. The topological polar surface area (TPSA) is 43.8 Å². The number of hydrogen-bond donors (Lipinski definition) is 1. The van der Waals surface area contributed by atoms with E-state index in [0.717, 1.165) is 19.6 Å². The molecule has 18 heavy (non-hydrogen) atoms. The first kappa shape index (κ1) is 12.9. The van der Waals surface area contributed by atoms with E-state index in [1.165, 1.54) is 0 Å². The maximum absolute atomic E-state index is 12.3. The molecule has 4 heteroatoms. The largest absolute Gasteiger partial charge is 0.508 e. The van der Waals surface area contributed by atoms with Gasteiger partial charge in [-0.05, 0) is 45.2 Å². The van der Waals surface area contributed by atoms with Gasteiger partial charge in [0.15, 0.2) is 0 Å². The van der Waals surface area contributed by atoms with Crippen molar-refractivity contribution in [2.24, 2.45) is 0 Å². The van der Waals surface area contributed by atoms with Crippen LogP contribution in [0.15, 0.2) is 24.3 Å². The Bertz CT molecular complexity index is 440. The predicted molar refractivity (Wildman–Crippen MR) is 70.7 cm³/mol. The number of likely N-dealkylation sites (N-methyl/N-ethyl adjacent to an activating group) is 1. The molecule has 4 nitrogen and oxygen atoms in total. The van der Waals surface area contributed by atoms with E-state index in [1.807, 2.05) is 4.90 Å². The molecule has 0 radical (unpaired) electrons. The minimum Gasteiger partial charge on any atom is -0.508 e. The molecule has 0 atom stereocenters. The van der Waals surface area contributed by atoms with Gasteiger partial charge in [-0.15, -0.1) is 0 Å². The van der Waals surface area contributed by atoms with Gasteiger partial charge in [0.25, 0.3) is 5.91 Å². The van der Waals surface area contributed by atoms with Crippen molar-refractivity contribution in [3.05, 3.63) is 29.8 Å². The van der Waals surface area contributed by atoms with Gasteiger partial charge in [-0.1, -0.05) is 0 Å². The van der Waals surface area contributed by atoms with Crippen molar-refractivity contribution in [2.75, 3.05) is 26.7 Å². The van der Waals surface area contributed by atoms with Gasteiger partial charge in [-0.2, -0.15) is 0 Å². The van der Waals surface area contributed by atoms with Crippen molar-refractivity contribution in [1.82, 2.24) is 9.80 Å². The molecule has 1 aromatic carbocycles. The molecule has 1 N–H and O–H groups in total. The van der Waals surface area contributed by atoms with Gasteiger partial charge in [-0.3, -0.25) is 9.69 Å². The molecule has 0 saturated carbocycles. The van der Waals surface area contributed by atoms with Gasteiger partial charge < -0.3 is 10.0 Å². The van der Waals surface area contributed by atoms with Crippen LogP contribution >= 0.6 is 0 Å². The van der Waals surface area contributed by atoms with Crippen LogP contribution < -0.4 is 0 Å². The van der Waals surface area contributed by atoms with E-state index in [2.05, 4.69) is 25.8 Å². The summed E-state index contributed by atoms with van der Waals surface area (Å²) in [4.78, 5) is 16.5. The number of hydrogen-bond acceptors (Lipinski definition) is 3. The van der Waals surface area contributed by atoms with Crippen LogP contribution in [0, 0.1) is 0 Å². The second-order valence-electron chi connectivity index (χ2n) is 5.51. The van der Waals surface area contributed by atoms with E-state index in [-0.39, 0.29) is 17.2 Å². The van der Waals surface area contributed by atoms with Crippen molar-refractivity contribution in [3.8, 4) is 5.75 Å². The van der Waals surface area contributed by atoms with E-state index in [1.54, 1.807) is 24.3 Å². The van der Waals surface area contributed by atoms with Gasteiger partial charge in [0.2, 0.25) is 0 Å². The Balaban J connectivity index is 2.13. The minimum absolute atomic E-state index is 0.00479. The Morgan fingerprint density at radius 1 is 1.22 bits per heavy atom. The highest BCUT2D eigenvalue weighted by Gasteiger charge is 2.33. The molecule has 0 spiro atoms. The zero-order valence-electron chi connectivity index (χ0n) is 11.2. The fraction of sp³-hybridized carbons (Fsp3) is 0.500. The summed E-state index contributed by atoms with van der Waals surface area (Å²) in [7, 11) is 2.09. The number of amides is 1. The standard InChI is InChI=1S/C14H20N2O2/c1-14(2)10-16(9-8-15(14)3)13(18)11-4-6-12(17)7-5-11/h4-7,17H,8-10H2,1-3H3. The lowest BCUT2D eigenvalue weighted by atomic mass is 9.99. The fourth-order valence-corrected chi connectivity index (χ4v) is 2.20. The van der Waals surface area contributed by atoms with E-state index in [4.69, 9.17) is 0 Å². The molecule has 98 valence electrons. The zero-order chi connectivity index (χ0) is 13.3. The first-order valence-corrected chi connectivity index (χ1v) is 6.20. The summed E-state index contributed by atoms with van der Waals surface area (Å²) in [5.74, 6) is 0.224. The Kier molecular flexibility index (Phi) is 3.30. The summed E-state index contributed by atoms with van der Waals surface area (Å²) in [6.45, 7) is 6.65. The first-order valence-electron chi connectivity index (χ1n) is 6.20. The number of benzene rings is 1. The lowest BCUT2D eigenvalue weighted by Gasteiger charge is -2.45. The van der Waals surface area contributed by atoms with E-state index in [9.17, 15) is 9.90 Å². The average Bonchev–Trinajstić information content (AvgIpc) is 2.33. The Hall–Kier alpha value is -1.55. The maximum atomic E-state index is 12.3. The summed E-state index contributed by atoms with van der Waals surface area (Å²) in [5.41, 5.74) is 0.637. The summed E-state index contributed by atoms with van der Waals surface area (Å²) >= 11 is 0. The molecule has 0 bridgehead atoms. The van der Waals surface area contributed by atoms with Crippen molar-refractivity contribution in [1.29, 1.82) is 0 Å². The highest BCUT2D eigenvalue weighted by Crippen LogP contribution is 2.21. The van der Waals surface area contributed by atoms with Crippen molar-refractivity contribution >= 4 is 5.91 Å². The number of carbonyl (C=O) groups excluding carboxylic acids is 1. The lowest BCUT2D eigenvalue weighted by molar-refractivity contribution is 0.0311. The van der Waals surface area contributed by atoms with Gasteiger partial charge >= 0.3 is 0 Å². The van der Waals surface area contributed by atoms with Crippen LogP contribution in [0.2, 0.25) is 0 Å². The van der Waals surface area contributed by atoms with Crippen molar-refractivity contribution in [2.45, 2.75) is 19.4 Å². The smallest absolute Gasteiger partial charge is 0.253 e. The molecule has 1 saturated heterocycles. The van der Waals surface area contributed by atoms with Gasteiger partial charge in [0, 0.05) is 30.7 Å². The number of phenolic OH excluding ortho intramolecular Hbond substituents is 1. The second kappa shape index (κ2) is 4.61. The number of phenols is 1. The van der Waals surface area contributed by atoms with Crippen LogP contribution in [0.3, 0.4) is 0 Å². The third kappa shape index (κ3) is 2.48. The number of nitrogens with zero attached hydrogens (tertiary/aromatic N) is 2. The third-order valence-electron chi connectivity index (χ3n) is 3.72. The highest BCUT2D eigenvalue weighted by atomic mass is 16.3. The van der Waals surface area contributed by atoms with Crippen LogP contribution in [0.4, 0.5) is 0 Å². The number of carbonyl (C=O) groups is 1. The lowest BCUT2D eigenvalue weighted by Crippen LogP contribution is -2.58. The molecule has 0 unspecified atom stereocenters. The molecular weight excluding hydrogens is 228 g/mol. The SMILES string of the molecule is CN1CCN(C(=O)c2ccc(O)cc2)CC1(C)C. The van der Waals surface area contributed by atoms with Crippen molar-refractivity contribution in [3.63, 3.8) is 0 Å². The van der Waals surface area contributed by atoms with Crippen LogP contribution in [-0.2, 0) is 0 Å². The Morgan fingerprint density at radius 2 is 1.83 bits per heavy atom. The molecule has 0 aromatic heterocycles. The number of rotatable bonds is 1. The molecule has 1 amide bonds. The Labute approximate surface area is 108 Å². The van der Waals surface area contributed by atoms with E-state index < -0.39 is 0 Å². The summed E-state index contributed by atoms with van der Waals surface area (Å²) in [6, 6.07) is 6.44. The molecule has 2 rings (SSSR count). The van der Waals surface area contributed by atoms with Crippen LogP contribution in [0.5, 0.6) is 5.75 Å². The van der Waals surface area contributed by atoms with Crippen LogP contribution in [-0.4, -0.2) is 53.0 Å². The molecule has 0 aliphatic carbocycles. The van der Waals surface area contributed by atoms with Crippen LogP contribution in [0.1, 0.15) is 24.2 Å². The monoisotopic (exact) mass is 248 g/mol. The molecule has 1 fully saturated rings. The number of piperazine rings is 1. The Morgan fingerprint density at radius 3 is 2.39 bits per heavy atom. The average molecular weight is 248 g/mol. The fourth-order valence-electron chi connectivity index (χ4n) is 2.20. The zero-order valence-corrected chi connectivity index (χ0v) is 11.2. The van der Waals surface area contributed by atoms with Crippen LogP contribution in [0.25, 0.3) is 0 Å². The maximum Gasteiger partial charge on any atom is 0.253 e. The van der Waals surface area contributed by atoms with Gasteiger partial charge in [-0.25, -0.2) is 0 Å². The first-order chi connectivity index (χ1) is 8.40. The molecular formula is C14H20N2O2. The molecule has 1 aliphatic rings. The van der Waals surface area contributed by atoms with Crippen molar-refractivity contribution < 1.29 is 9.90 Å². The van der Waals surface area contributed by atoms with E-state index >= 15 is 0 Å². The normalized spacial score (nSPS) is 19.8. The minimum atomic E-state index is 0.00479. The highest BCUT2D eigenvalue weighted by molar-refractivity contribution is 5.94. The van der Waals surface area contributed by atoms with E-state index in [0.29, 0.717) is 5.56 Å². The second-order valence-corrected chi connectivity index (χ2v) is 5.51. The quantitative estimate of drug-likeness (QED) is 0.820. The summed E-state index contributed by atoms with van der Waals surface area (Å²) < 4.78 is 0. The molecule has 1 aliphatic heterocycles. The molecule has 1 aromatic rings. The number of aromatic hydroxyl groups is 1.